The van der Waals surface area contributed by atoms with E-state index in [0.717, 1.165) is 6.04 Å². The van der Waals surface area contributed by atoms with E-state index in [4.69, 9.17) is 0 Å². The third-order valence-corrected chi connectivity index (χ3v) is 5.54. The molecule has 1 aromatic heterocycles. The monoisotopic (exact) mass is 272 g/mol. The molecule has 2 fully saturated rings. The van der Waals surface area contributed by atoms with E-state index in [-0.39, 0.29) is 0 Å². The van der Waals surface area contributed by atoms with Crippen molar-refractivity contribution >= 4 is 27.1 Å². The maximum absolute atomic E-state index is 2.70. The van der Waals surface area contributed by atoms with Crippen LogP contribution >= 0.6 is 11.3 Å². The number of nitrogens with zero attached hydrogens (tertiary/aromatic N) is 2. The summed E-state index contributed by atoms with van der Waals surface area (Å²) in [4.78, 5) is 5.28. The average molecular weight is 272 g/mol. The standard InChI is InChI=1S/C16H20N2S/c1-2-7-17-8-9-18(12-15(17)3-1)14-4-5-16-13(11-14)6-10-19-16/h4-6,10-11,15H,1-3,7-9,12H2. The van der Waals surface area contributed by atoms with Gasteiger partial charge in [-0.1, -0.05) is 6.42 Å². The Morgan fingerprint density at radius 2 is 2.05 bits per heavy atom. The van der Waals surface area contributed by atoms with Crippen LogP contribution in [0.2, 0.25) is 0 Å². The summed E-state index contributed by atoms with van der Waals surface area (Å²) in [5.74, 6) is 0. The fraction of sp³-hybridized carbons (Fsp3) is 0.500. The predicted molar refractivity (Wildman–Crippen MR) is 83.3 cm³/mol. The number of fused-ring (bicyclic) bond motifs is 2. The van der Waals surface area contributed by atoms with Gasteiger partial charge in [0.15, 0.2) is 0 Å². The molecule has 0 radical (unpaired) electrons. The quantitative estimate of drug-likeness (QED) is 0.783. The first-order valence-corrected chi connectivity index (χ1v) is 8.24. The van der Waals surface area contributed by atoms with E-state index in [2.05, 4.69) is 39.4 Å². The lowest BCUT2D eigenvalue weighted by atomic mass is 9.99. The molecule has 0 aliphatic carbocycles. The minimum absolute atomic E-state index is 0.792. The molecule has 2 saturated heterocycles. The Morgan fingerprint density at radius 3 is 3.05 bits per heavy atom. The van der Waals surface area contributed by atoms with Gasteiger partial charge < -0.3 is 4.90 Å². The zero-order chi connectivity index (χ0) is 12.7. The van der Waals surface area contributed by atoms with Gasteiger partial charge in [0.05, 0.1) is 0 Å². The fourth-order valence-electron chi connectivity index (χ4n) is 3.54. The van der Waals surface area contributed by atoms with Crippen LogP contribution in [0.1, 0.15) is 19.3 Å². The van der Waals surface area contributed by atoms with Crippen molar-refractivity contribution in [1.29, 1.82) is 0 Å². The summed E-state index contributed by atoms with van der Waals surface area (Å²) >= 11 is 1.83. The molecule has 19 heavy (non-hydrogen) atoms. The van der Waals surface area contributed by atoms with Crippen LogP contribution in [0.4, 0.5) is 5.69 Å². The number of piperidine rings is 1. The molecule has 0 bridgehead atoms. The molecule has 1 atom stereocenters. The smallest absolute Gasteiger partial charge is 0.0374 e. The molecule has 3 heteroatoms. The lowest BCUT2D eigenvalue weighted by molar-refractivity contribution is 0.133. The van der Waals surface area contributed by atoms with Crippen molar-refractivity contribution in [2.45, 2.75) is 25.3 Å². The predicted octanol–water partition coefficient (Wildman–Crippen LogP) is 3.58. The number of rotatable bonds is 1. The van der Waals surface area contributed by atoms with Gasteiger partial charge in [0.2, 0.25) is 0 Å². The van der Waals surface area contributed by atoms with Crippen molar-refractivity contribution in [2.75, 3.05) is 31.1 Å². The second kappa shape index (κ2) is 4.80. The summed E-state index contributed by atoms with van der Waals surface area (Å²) in [6, 6.07) is 9.98. The summed E-state index contributed by atoms with van der Waals surface area (Å²) in [5.41, 5.74) is 1.41. The van der Waals surface area contributed by atoms with E-state index >= 15 is 0 Å². The largest absolute Gasteiger partial charge is 0.369 e. The van der Waals surface area contributed by atoms with Gasteiger partial charge in [0.1, 0.15) is 0 Å². The SMILES string of the molecule is c1cc2cc(N3CCN4CCCCC4C3)ccc2s1. The molecule has 1 unspecified atom stereocenters. The normalized spacial score (nSPS) is 24.6. The number of hydrogen-bond donors (Lipinski definition) is 0. The lowest BCUT2D eigenvalue weighted by Gasteiger charge is -2.45. The van der Waals surface area contributed by atoms with E-state index in [1.807, 2.05) is 11.3 Å². The van der Waals surface area contributed by atoms with Gasteiger partial charge in [0, 0.05) is 36.1 Å². The Labute approximate surface area is 118 Å². The van der Waals surface area contributed by atoms with Crippen molar-refractivity contribution in [3.63, 3.8) is 0 Å². The topological polar surface area (TPSA) is 6.48 Å². The fourth-order valence-corrected chi connectivity index (χ4v) is 4.31. The van der Waals surface area contributed by atoms with E-state index in [1.54, 1.807) is 0 Å². The van der Waals surface area contributed by atoms with Crippen molar-refractivity contribution < 1.29 is 0 Å². The Kier molecular flexibility index (Phi) is 2.97. The summed E-state index contributed by atoms with van der Waals surface area (Å²) in [5, 5.41) is 3.58. The van der Waals surface area contributed by atoms with Crippen LogP contribution < -0.4 is 4.90 Å². The number of anilines is 1. The molecule has 3 heterocycles. The number of benzene rings is 1. The van der Waals surface area contributed by atoms with E-state index in [1.165, 1.54) is 61.2 Å². The van der Waals surface area contributed by atoms with Crippen LogP contribution in [0.5, 0.6) is 0 Å². The molecule has 1 aromatic carbocycles. The highest BCUT2D eigenvalue weighted by Crippen LogP contribution is 2.29. The van der Waals surface area contributed by atoms with Crippen LogP contribution in [-0.2, 0) is 0 Å². The molecule has 0 amide bonds. The van der Waals surface area contributed by atoms with Crippen molar-refractivity contribution in [2.24, 2.45) is 0 Å². The summed E-state index contributed by atoms with van der Waals surface area (Å²) in [6.45, 7) is 4.97. The summed E-state index contributed by atoms with van der Waals surface area (Å²) in [6.07, 6.45) is 4.20. The third-order valence-electron chi connectivity index (χ3n) is 4.64. The first-order valence-electron chi connectivity index (χ1n) is 7.36. The number of thiophene rings is 1. The van der Waals surface area contributed by atoms with Gasteiger partial charge in [-0.2, -0.15) is 0 Å². The highest BCUT2D eigenvalue weighted by Gasteiger charge is 2.28. The Bertz CT molecular complexity index is 577. The van der Waals surface area contributed by atoms with Crippen molar-refractivity contribution in [3.05, 3.63) is 29.6 Å². The molecular weight excluding hydrogens is 252 g/mol. The zero-order valence-electron chi connectivity index (χ0n) is 11.2. The van der Waals surface area contributed by atoms with E-state index < -0.39 is 0 Å². The van der Waals surface area contributed by atoms with Gasteiger partial charge in [-0.3, -0.25) is 4.90 Å². The minimum Gasteiger partial charge on any atom is -0.369 e. The second-order valence-electron chi connectivity index (χ2n) is 5.77. The Balaban J connectivity index is 1.58. The van der Waals surface area contributed by atoms with E-state index in [9.17, 15) is 0 Å². The van der Waals surface area contributed by atoms with Crippen molar-refractivity contribution in [1.82, 2.24) is 4.90 Å². The molecule has 100 valence electrons. The highest BCUT2D eigenvalue weighted by atomic mass is 32.1. The van der Waals surface area contributed by atoms with Gasteiger partial charge in [-0.05, 0) is 54.4 Å². The molecular formula is C16H20N2S. The van der Waals surface area contributed by atoms with Gasteiger partial charge in [-0.15, -0.1) is 11.3 Å². The molecule has 0 saturated carbocycles. The van der Waals surface area contributed by atoms with Gasteiger partial charge in [0.25, 0.3) is 0 Å². The molecule has 0 spiro atoms. The van der Waals surface area contributed by atoms with Gasteiger partial charge in [-0.25, -0.2) is 0 Å². The lowest BCUT2D eigenvalue weighted by Crippen LogP contribution is -2.54. The van der Waals surface area contributed by atoms with Crippen LogP contribution in [0.25, 0.3) is 10.1 Å². The van der Waals surface area contributed by atoms with Gasteiger partial charge >= 0.3 is 0 Å². The van der Waals surface area contributed by atoms with Crippen LogP contribution in [0.3, 0.4) is 0 Å². The van der Waals surface area contributed by atoms with Crippen molar-refractivity contribution in [3.8, 4) is 0 Å². The number of piperazine rings is 1. The second-order valence-corrected chi connectivity index (χ2v) is 6.72. The molecule has 2 aliphatic rings. The third kappa shape index (κ3) is 2.15. The first kappa shape index (κ1) is 11.7. The number of hydrogen-bond acceptors (Lipinski definition) is 3. The summed E-state index contributed by atoms with van der Waals surface area (Å²) < 4.78 is 1.40. The Morgan fingerprint density at radius 1 is 1.05 bits per heavy atom. The highest BCUT2D eigenvalue weighted by molar-refractivity contribution is 7.17. The molecule has 0 N–H and O–H groups in total. The minimum atomic E-state index is 0.792. The maximum Gasteiger partial charge on any atom is 0.0374 e. The molecule has 2 nitrogen and oxygen atoms in total. The van der Waals surface area contributed by atoms with Crippen LogP contribution in [0, 0.1) is 0 Å². The van der Waals surface area contributed by atoms with Crippen LogP contribution in [-0.4, -0.2) is 37.1 Å². The van der Waals surface area contributed by atoms with E-state index in [0.29, 0.717) is 0 Å². The molecule has 2 aromatic rings. The zero-order valence-corrected chi connectivity index (χ0v) is 12.0. The molecule has 2 aliphatic heterocycles. The van der Waals surface area contributed by atoms with Crippen LogP contribution in [0.15, 0.2) is 29.6 Å². The Hall–Kier alpha value is -1.06. The maximum atomic E-state index is 2.70. The first-order chi connectivity index (χ1) is 9.40. The summed E-state index contributed by atoms with van der Waals surface area (Å²) in [7, 11) is 0. The molecule has 4 rings (SSSR count). The average Bonchev–Trinajstić information content (AvgIpc) is 2.94.